The maximum Gasteiger partial charge on any atom is 0.325 e. The van der Waals surface area contributed by atoms with Crippen molar-refractivity contribution in [1.82, 2.24) is 15.1 Å². The molecule has 1 saturated heterocycles. The van der Waals surface area contributed by atoms with E-state index in [1.165, 1.54) is 0 Å². The van der Waals surface area contributed by atoms with Gasteiger partial charge >= 0.3 is 6.03 Å². The standard InChI is InChI=1S/C24H27N3O6/c1-31-18-6-4-15(5-7-18)13-27-23(29)19(25-24(27)30)12-22(28)26-9-8-16-10-20(32-2)21(33-3)11-17(16)14-26/h4-7,10-11,19H,8-9,12-14H2,1-3H3,(H,25,30)/t19-/m0/s1. The first kappa shape index (κ1) is 22.4. The molecule has 0 unspecified atom stereocenters. The largest absolute Gasteiger partial charge is 0.497 e. The third-order valence-corrected chi connectivity index (χ3v) is 6.06. The summed E-state index contributed by atoms with van der Waals surface area (Å²) in [6.07, 6.45) is 0.600. The molecule has 4 rings (SSSR count). The molecular weight excluding hydrogens is 426 g/mol. The molecular formula is C24H27N3O6. The summed E-state index contributed by atoms with van der Waals surface area (Å²) >= 11 is 0. The quantitative estimate of drug-likeness (QED) is 0.645. The van der Waals surface area contributed by atoms with Crippen LogP contribution >= 0.6 is 0 Å². The zero-order chi connectivity index (χ0) is 23.5. The number of carbonyl (C=O) groups excluding carboxylic acids is 3. The van der Waals surface area contributed by atoms with Crippen molar-refractivity contribution in [2.45, 2.75) is 32.0 Å². The number of benzene rings is 2. The van der Waals surface area contributed by atoms with E-state index < -0.39 is 18.0 Å². The third-order valence-electron chi connectivity index (χ3n) is 6.06. The maximum absolute atomic E-state index is 13.0. The van der Waals surface area contributed by atoms with Crippen LogP contribution in [0.5, 0.6) is 17.2 Å². The van der Waals surface area contributed by atoms with E-state index in [1.54, 1.807) is 50.5 Å². The molecule has 0 radical (unpaired) electrons. The van der Waals surface area contributed by atoms with Gasteiger partial charge in [0.2, 0.25) is 5.91 Å². The Kier molecular flexibility index (Phi) is 6.39. The number of amides is 4. The van der Waals surface area contributed by atoms with Gasteiger partial charge in [-0.15, -0.1) is 0 Å². The van der Waals surface area contributed by atoms with Crippen molar-refractivity contribution in [2.75, 3.05) is 27.9 Å². The third kappa shape index (κ3) is 4.57. The lowest BCUT2D eigenvalue weighted by Gasteiger charge is -2.30. The number of ether oxygens (including phenoxy) is 3. The van der Waals surface area contributed by atoms with E-state index >= 15 is 0 Å². The minimum absolute atomic E-state index is 0.0771. The van der Waals surface area contributed by atoms with Crippen LogP contribution in [0, 0.1) is 0 Å². The molecule has 2 heterocycles. The SMILES string of the molecule is COc1ccc(CN2C(=O)N[C@@H](CC(=O)N3CCc4cc(OC)c(OC)cc4C3)C2=O)cc1. The fourth-order valence-electron chi connectivity index (χ4n) is 4.18. The highest BCUT2D eigenvalue weighted by Gasteiger charge is 2.40. The van der Waals surface area contributed by atoms with Gasteiger partial charge in [-0.2, -0.15) is 0 Å². The van der Waals surface area contributed by atoms with E-state index in [9.17, 15) is 14.4 Å². The Morgan fingerprint density at radius 1 is 1.00 bits per heavy atom. The van der Waals surface area contributed by atoms with Gasteiger partial charge in [0, 0.05) is 13.1 Å². The van der Waals surface area contributed by atoms with Gasteiger partial charge < -0.3 is 24.4 Å². The average Bonchev–Trinajstić information content (AvgIpc) is 3.10. The Bertz CT molecular complexity index is 1070. The van der Waals surface area contributed by atoms with E-state index in [0.717, 1.165) is 21.6 Å². The molecule has 2 aromatic carbocycles. The molecule has 9 nitrogen and oxygen atoms in total. The van der Waals surface area contributed by atoms with E-state index in [0.29, 0.717) is 36.8 Å². The van der Waals surface area contributed by atoms with E-state index in [1.807, 2.05) is 12.1 Å². The molecule has 4 amide bonds. The minimum Gasteiger partial charge on any atom is -0.497 e. The van der Waals surface area contributed by atoms with E-state index in [-0.39, 0.29) is 18.9 Å². The van der Waals surface area contributed by atoms with Crippen LogP contribution in [0.25, 0.3) is 0 Å². The number of nitrogens with zero attached hydrogens (tertiary/aromatic N) is 2. The summed E-state index contributed by atoms with van der Waals surface area (Å²) in [5.74, 6) is 1.39. The van der Waals surface area contributed by atoms with Crippen LogP contribution < -0.4 is 19.5 Å². The number of rotatable bonds is 7. The van der Waals surface area contributed by atoms with Crippen LogP contribution in [-0.4, -0.2) is 61.6 Å². The number of hydrogen-bond donors (Lipinski definition) is 1. The van der Waals surface area contributed by atoms with Gasteiger partial charge in [0.15, 0.2) is 11.5 Å². The molecule has 9 heteroatoms. The van der Waals surface area contributed by atoms with Gasteiger partial charge in [-0.05, 0) is 47.4 Å². The Morgan fingerprint density at radius 3 is 2.30 bits per heavy atom. The summed E-state index contributed by atoms with van der Waals surface area (Å²) in [4.78, 5) is 41.0. The zero-order valence-electron chi connectivity index (χ0n) is 18.9. The van der Waals surface area contributed by atoms with Crippen LogP contribution in [0.4, 0.5) is 4.79 Å². The number of imide groups is 1. The van der Waals surface area contributed by atoms with Crippen LogP contribution in [-0.2, 0) is 29.1 Å². The summed E-state index contributed by atoms with van der Waals surface area (Å²) < 4.78 is 15.9. The highest BCUT2D eigenvalue weighted by Crippen LogP contribution is 2.33. The molecule has 1 atom stereocenters. The molecule has 2 aliphatic rings. The number of nitrogens with one attached hydrogen (secondary N) is 1. The van der Waals surface area contributed by atoms with E-state index in [2.05, 4.69) is 5.32 Å². The van der Waals surface area contributed by atoms with Crippen molar-refractivity contribution in [3.05, 3.63) is 53.1 Å². The first-order valence-electron chi connectivity index (χ1n) is 10.7. The van der Waals surface area contributed by atoms with Crippen molar-refractivity contribution in [1.29, 1.82) is 0 Å². The topological polar surface area (TPSA) is 97.4 Å². The number of carbonyl (C=O) groups is 3. The summed E-state index contributed by atoms with van der Waals surface area (Å²) in [5.41, 5.74) is 2.88. The number of methoxy groups -OCH3 is 3. The lowest BCUT2D eigenvalue weighted by atomic mass is 9.98. The Balaban J connectivity index is 1.39. The summed E-state index contributed by atoms with van der Waals surface area (Å²) in [5, 5.41) is 2.65. The van der Waals surface area contributed by atoms with Gasteiger partial charge in [-0.3, -0.25) is 14.5 Å². The highest BCUT2D eigenvalue weighted by atomic mass is 16.5. The van der Waals surface area contributed by atoms with Crippen molar-refractivity contribution < 1.29 is 28.6 Å². The van der Waals surface area contributed by atoms with Gasteiger partial charge in [0.25, 0.3) is 5.91 Å². The Morgan fingerprint density at radius 2 is 1.67 bits per heavy atom. The fourth-order valence-corrected chi connectivity index (χ4v) is 4.18. The molecule has 1 fully saturated rings. The lowest BCUT2D eigenvalue weighted by Crippen LogP contribution is -2.41. The summed E-state index contributed by atoms with van der Waals surface area (Å²) in [6.45, 7) is 1.09. The normalized spacial score (nSPS) is 17.5. The fraction of sp³-hybridized carbons (Fsp3) is 0.375. The molecule has 2 aliphatic heterocycles. The minimum atomic E-state index is -0.866. The molecule has 0 saturated carbocycles. The van der Waals surface area contributed by atoms with Crippen LogP contribution in [0.3, 0.4) is 0 Å². The highest BCUT2D eigenvalue weighted by molar-refractivity contribution is 6.05. The molecule has 1 N–H and O–H groups in total. The maximum atomic E-state index is 13.0. The molecule has 0 bridgehead atoms. The smallest absolute Gasteiger partial charge is 0.325 e. The molecule has 0 aliphatic carbocycles. The van der Waals surface area contributed by atoms with Crippen LogP contribution in [0.1, 0.15) is 23.1 Å². The van der Waals surface area contributed by atoms with Gasteiger partial charge in [0.1, 0.15) is 11.8 Å². The Labute approximate surface area is 192 Å². The van der Waals surface area contributed by atoms with Crippen molar-refractivity contribution in [2.24, 2.45) is 0 Å². The van der Waals surface area contributed by atoms with E-state index in [4.69, 9.17) is 14.2 Å². The van der Waals surface area contributed by atoms with Gasteiger partial charge in [-0.25, -0.2) is 4.79 Å². The van der Waals surface area contributed by atoms with Crippen LogP contribution in [0.2, 0.25) is 0 Å². The first-order valence-corrected chi connectivity index (χ1v) is 10.7. The van der Waals surface area contributed by atoms with Gasteiger partial charge in [0.05, 0.1) is 34.3 Å². The molecule has 174 valence electrons. The number of urea groups is 1. The predicted octanol–water partition coefficient (Wildman–Crippen LogP) is 2.11. The monoisotopic (exact) mass is 453 g/mol. The number of hydrogen-bond acceptors (Lipinski definition) is 6. The number of fused-ring (bicyclic) bond motifs is 1. The zero-order valence-corrected chi connectivity index (χ0v) is 18.9. The van der Waals surface area contributed by atoms with Crippen molar-refractivity contribution in [3.8, 4) is 17.2 Å². The predicted molar refractivity (Wildman–Crippen MR) is 119 cm³/mol. The van der Waals surface area contributed by atoms with Crippen molar-refractivity contribution >= 4 is 17.8 Å². The summed E-state index contributed by atoms with van der Waals surface area (Å²) in [6, 6.07) is 9.60. The van der Waals surface area contributed by atoms with Crippen LogP contribution in [0.15, 0.2) is 36.4 Å². The molecule has 0 aromatic heterocycles. The lowest BCUT2D eigenvalue weighted by molar-refractivity contribution is -0.136. The second-order valence-corrected chi connectivity index (χ2v) is 8.02. The second-order valence-electron chi connectivity index (χ2n) is 8.02. The second kappa shape index (κ2) is 9.40. The average molecular weight is 453 g/mol. The molecule has 2 aromatic rings. The summed E-state index contributed by atoms with van der Waals surface area (Å²) in [7, 11) is 4.73. The van der Waals surface area contributed by atoms with Gasteiger partial charge in [-0.1, -0.05) is 12.1 Å². The molecule has 0 spiro atoms. The van der Waals surface area contributed by atoms with Crippen molar-refractivity contribution in [3.63, 3.8) is 0 Å². The first-order chi connectivity index (χ1) is 15.9. The Hall–Kier alpha value is -3.75. The molecule has 33 heavy (non-hydrogen) atoms.